The zero-order valence-corrected chi connectivity index (χ0v) is 16.9. The van der Waals surface area contributed by atoms with Crippen molar-refractivity contribution in [3.8, 4) is 0 Å². The molecular formula is C22H27ClN2O2. The van der Waals surface area contributed by atoms with Gasteiger partial charge in [0, 0.05) is 42.1 Å². The Hall–Kier alpha value is -2.30. The molecule has 5 heteroatoms. The van der Waals surface area contributed by atoms with Crippen LogP contribution in [0.4, 0.5) is 5.69 Å². The van der Waals surface area contributed by atoms with Crippen LogP contribution in [-0.4, -0.2) is 5.91 Å². The van der Waals surface area contributed by atoms with Crippen LogP contribution in [0.15, 0.2) is 52.9 Å². The van der Waals surface area contributed by atoms with Gasteiger partial charge in [0.05, 0.1) is 0 Å². The summed E-state index contributed by atoms with van der Waals surface area (Å²) in [5.41, 5.74) is 4.15. The highest BCUT2D eigenvalue weighted by Gasteiger charge is 2.12. The molecule has 0 fully saturated rings. The molecular weight excluding hydrogens is 360 g/mol. The molecule has 2 N–H and O–H groups in total. The van der Waals surface area contributed by atoms with E-state index in [2.05, 4.69) is 29.7 Å². The van der Waals surface area contributed by atoms with E-state index in [1.54, 1.807) is 0 Å². The van der Waals surface area contributed by atoms with Gasteiger partial charge in [0.2, 0.25) is 5.91 Å². The SMILES string of the molecule is CCc1oc2ccccc2c1CNCc1cccc(NC(=O)C(C)C)c1.Cl. The smallest absolute Gasteiger partial charge is 0.226 e. The Kier molecular flexibility index (Phi) is 7.45. The number of para-hydroxylation sites is 1. The average molecular weight is 387 g/mol. The Morgan fingerprint density at radius 3 is 2.59 bits per heavy atom. The quantitative estimate of drug-likeness (QED) is 0.579. The standard InChI is InChI=1S/C22H26N2O2.ClH/c1-4-20-19(18-10-5-6-11-21(18)26-20)14-23-13-16-8-7-9-17(12-16)24-22(25)15(2)3;/h5-12,15,23H,4,13-14H2,1-3H3,(H,24,25);1H. The first-order valence-electron chi connectivity index (χ1n) is 9.18. The third kappa shape index (κ3) is 5.12. The molecule has 1 amide bonds. The second-order valence-corrected chi connectivity index (χ2v) is 6.80. The van der Waals surface area contributed by atoms with Crippen molar-refractivity contribution in [2.45, 2.75) is 40.3 Å². The summed E-state index contributed by atoms with van der Waals surface area (Å²) in [6.07, 6.45) is 0.877. The van der Waals surface area contributed by atoms with Crippen LogP contribution < -0.4 is 10.6 Å². The summed E-state index contributed by atoms with van der Waals surface area (Å²) in [4.78, 5) is 11.9. The van der Waals surface area contributed by atoms with Crippen molar-refractivity contribution in [1.29, 1.82) is 0 Å². The lowest BCUT2D eigenvalue weighted by atomic mass is 10.1. The zero-order chi connectivity index (χ0) is 18.5. The van der Waals surface area contributed by atoms with E-state index in [0.717, 1.165) is 42.1 Å². The first kappa shape index (κ1) is 21.0. The minimum Gasteiger partial charge on any atom is -0.461 e. The number of hydrogen-bond acceptors (Lipinski definition) is 3. The van der Waals surface area contributed by atoms with Gasteiger partial charge in [0.1, 0.15) is 11.3 Å². The summed E-state index contributed by atoms with van der Waals surface area (Å²) >= 11 is 0. The van der Waals surface area contributed by atoms with E-state index in [0.29, 0.717) is 0 Å². The lowest BCUT2D eigenvalue weighted by Crippen LogP contribution is -2.18. The molecule has 0 aliphatic heterocycles. The summed E-state index contributed by atoms with van der Waals surface area (Å²) in [6, 6.07) is 16.1. The Balaban J connectivity index is 0.00000261. The summed E-state index contributed by atoms with van der Waals surface area (Å²) in [5.74, 6) is 1.04. The van der Waals surface area contributed by atoms with Crippen molar-refractivity contribution in [2.24, 2.45) is 5.92 Å². The summed E-state index contributed by atoms with van der Waals surface area (Å²) < 4.78 is 5.95. The first-order valence-corrected chi connectivity index (χ1v) is 9.18. The number of halogens is 1. The van der Waals surface area contributed by atoms with Gasteiger partial charge in [-0.05, 0) is 23.8 Å². The summed E-state index contributed by atoms with van der Waals surface area (Å²) in [7, 11) is 0. The monoisotopic (exact) mass is 386 g/mol. The minimum absolute atomic E-state index is 0. The number of hydrogen-bond donors (Lipinski definition) is 2. The van der Waals surface area contributed by atoms with E-state index in [-0.39, 0.29) is 24.2 Å². The molecule has 144 valence electrons. The molecule has 0 aliphatic carbocycles. The number of carbonyl (C=O) groups is 1. The Morgan fingerprint density at radius 2 is 1.85 bits per heavy atom. The topological polar surface area (TPSA) is 54.3 Å². The summed E-state index contributed by atoms with van der Waals surface area (Å²) in [5, 5.41) is 7.62. The van der Waals surface area contributed by atoms with Crippen LogP contribution in [-0.2, 0) is 24.3 Å². The predicted molar refractivity (Wildman–Crippen MR) is 113 cm³/mol. The van der Waals surface area contributed by atoms with E-state index in [1.807, 2.05) is 50.2 Å². The van der Waals surface area contributed by atoms with E-state index in [4.69, 9.17) is 4.42 Å². The van der Waals surface area contributed by atoms with Crippen molar-refractivity contribution in [3.05, 3.63) is 65.4 Å². The fourth-order valence-corrected chi connectivity index (χ4v) is 3.01. The zero-order valence-electron chi connectivity index (χ0n) is 16.0. The van der Waals surface area contributed by atoms with Gasteiger partial charge in [-0.25, -0.2) is 0 Å². The van der Waals surface area contributed by atoms with Gasteiger partial charge in [-0.3, -0.25) is 4.79 Å². The second-order valence-electron chi connectivity index (χ2n) is 6.80. The first-order chi connectivity index (χ1) is 12.6. The molecule has 0 saturated heterocycles. The predicted octanol–water partition coefficient (Wildman–Crippen LogP) is 5.30. The van der Waals surface area contributed by atoms with E-state index in [1.165, 1.54) is 10.9 Å². The maximum Gasteiger partial charge on any atom is 0.226 e. The second kappa shape index (κ2) is 9.58. The largest absolute Gasteiger partial charge is 0.461 e. The molecule has 0 unspecified atom stereocenters. The van der Waals surface area contributed by atoms with Crippen molar-refractivity contribution >= 4 is 35.0 Å². The molecule has 0 spiro atoms. The maximum atomic E-state index is 11.9. The number of furan rings is 1. The van der Waals surface area contributed by atoms with Crippen molar-refractivity contribution in [3.63, 3.8) is 0 Å². The van der Waals surface area contributed by atoms with Crippen LogP contribution in [0.25, 0.3) is 11.0 Å². The van der Waals surface area contributed by atoms with Crippen molar-refractivity contribution in [2.75, 3.05) is 5.32 Å². The molecule has 3 rings (SSSR count). The Morgan fingerprint density at radius 1 is 1.07 bits per heavy atom. The van der Waals surface area contributed by atoms with E-state index < -0.39 is 0 Å². The van der Waals surface area contributed by atoms with Crippen LogP contribution in [0.3, 0.4) is 0 Å². The number of amides is 1. The van der Waals surface area contributed by atoms with Gasteiger partial charge in [-0.15, -0.1) is 12.4 Å². The van der Waals surface area contributed by atoms with Gasteiger partial charge in [0.15, 0.2) is 0 Å². The van der Waals surface area contributed by atoms with Crippen LogP contribution in [0.5, 0.6) is 0 Å². The number of nitrogens with one attached hydrogen (secondary N) is 2. The number of anilines is 1. The highest BCUT2D eigenvalue weighted by Crippen LogP contribution is 2.26. The maximum absolute atomic E-state index is 11.9. The highest BCUT2D eigenvalue weighted by molar-refractivity contribution is 5.92. The van der Waals surface area contributed by atoms with Crippen LogP contribution in [0, 0.1) is 5.92 Å². The number of aryl methyl sites for hydroxylation is 1. The number of rotatable bonds is 7. The molecule has 0 bridgehead atoms. The highest BCUT2D eigenvalue weighted by atomic mass is 35.5. The Labute approximate surface area is 166 Å². The van der Waals surface area contributed by atoms with Gasteiger partial charge >= 0.3 is 0 Å². The molecule has 0 aliphatic rings. The average Bonchev–Trinajstić information content (AvgIpc) is 3.00. The van der Waals surface area contributed by atoms with Crippen LogP contribution in [0.1, 0.15) is 37.7 Å². The molecule has 0 radical (unpaired) electrons. The fraction of sp³-hybridized carbons (Fsp3) is 0.318. The molecule has 1 aromatic heterocycles. The van der Waals surface area contributed by atoms with E-state index in [9.17, 15) is 4.79 Å². The van der Waals surface area contributed by atoms with Crippen molar-refractivity contribution in [1.82, 2.24) is 5.32 Å². The number of carbonyl (C=O) groups excluding carboxylic acids is 1. The van der Waals surface area contributed by atoms with E-state index >= 15 is 0 Å². The molecule has 2 aromatic carbocycles. The lowest BCUT2D eigenvalue weighted by Gasteiger charge is -2.10. The van der Waals surface area contributed by atoms with Crippen LogP contribution in [0.2, 0.25) is 0 Å². The molecule has 4 nitrogen and oxygen atoms in total. The fourth-order valence-electron chi connectivity index (χ4n) is 3.01. The lowest BCUT2D eigenvalue weighted by molar-refractivity contribution is -0.118. The van der Waals surface area contributed by atoms with Gasteiger partial charge < -0.3 is 15.1 Å². The molecule has 27 heavy (non-hydrogen) atoms. The molecule has 0 saturated carbocycles. The summed E-state index contributed by atoms with van der Waals surface area (Å²) in [6.45, 7) is 7.38. The third-order valence-corrected chi connectivity index (χ3v) is 4.45. The Bertz CT molecular complexity index is 902. The van der Waals surface area contributed by atoms with Crippen molar-refractivity contribution < 1.29 is 9.21 Å². The minimum atomic E-state index is -0.0291. The van der Waals surface area contributed by atoms with Gasteiger partial charge in [0.25, 0.3) is 0 Å². The normalized spacial score (nSPS) is 10.8. The molecule has 0 atom stereocenters. The number of benzene rings is 2. The third-order valence-electron chi connectivity index (χ3n) is 4.45. The number of fused-ring (bicyclic) bond motifs is 1. The molecule has 3 aromatic rings. The van der Waals surface area contributed by atoms with Gasteiger partial charge in [-0.2, -0.15) is 0 Å². The van der Waals surface area contributed by atoms with Gasteiger partial charge in [-0.1, -0.05) is 51.1 Å². The molecule has 1 heterocycles. The van der Waals surface area contributed by atoms with Crippen LogP contribution >= 0.6 is 12.4 Å².